The number of sulfonamides is 1. The number of benzene rings is 2. The van der Waals surface area contributed by atoms with Gasteiger partial charge in [-0.25, -0.2) is 8.42 Å². The average Bonchev–Trinajstić information content (AvgIpc) is 3.37. The third-order valence-corrected chi connectivity index (χ3v) is 7.98. The van der Waals surface area contributed by atoms with E-state index in [0.717, 1.165) is 41.0 Å². The maximum Gasteiger partial charge on any atom is 0.243 e. The van der Waals surface area contributed by atoms with Gasteiger partial charge in [0.2, 0.25) is 10.0 Å². The predicted molar refractivity (Wildman–Crippen MR) is 125 cm³/mol. The molecule has 3 aromatic rings. The molecule has 166 valence electrons. The summed E-state index contributed by atoms with van der Waals surface area (Å²) in [5.41, 5.74) is 5.70. The van der Waals surface area contributed by atoms with E-state index in [-0.39, 0.29) is 0 Å². The lowest BCUT2D eigenvalue weighted by atomic mass is 10.1. The Hall–Kier alpha value is -3.15. The van der Waals surface area contributed by atoms with Gasteiger partial charge in [-0.1, -0.05) is 26.0 Å². The number of aryl methyl sites for hydroxylation is 1. The lowest BCUT2D eigenvalue weighted by molar-refractivity contribution is 0.445. The fourth-order valence-corrected chi connectivity index (χ4v) is 5.80. The molecule has 0 saturated heterocycles. The topological polar surface area (TPSA) is 82.2 Å². The number of rotatable bonds is 7. The summed E-state index contributed by atoms with van der Waals surface area (Å²) < 4.78 is 29.1. The maximum absolute atomic E-state index is 12.9. The van der Waals surface area contributed by atoms with E-state index in [1.165, 1.54) is 4.31 Å². The van der Waals surface area contributed by atoms with Gasteiger partial charge in [0.25, 0.3) is 0 Å². The van der Waals surface area contributed by atoms with Crippen LogP contribution in [0.5, 0.6) is 0 Å². The molecule has 0 spiro atoms. The van der Waals surface area contributed by atoms with Crippen molar-refractivity contribution in [2.24, 2.45) is 7.05 Å². The van der Waals surface area contributed by atoms with Crippen molar-refractivity contribution in [2.75, 3.05) is 24.5 Å². The van der Waals surface area contributed by atoms with E-state index in [1.807, 2.05) is 51.4 Å². The average molecular weight is 450 g/mol. The second-order valence-electron chi connectivity index (χ2n) is 7.92. The number of aromatic nitrogens is 2. The number of nitrogens with zero attached hydrogens (tertiary/aromatic N) is 5. The van der Waals surface area contributed by atoms with Gasteiger partial charge < -0.3 is 4.90 Å². The first-order valence-electron chi connectivity index (χ1n) is 10.8. The van der Waals surface area contributed by atoms with E-state index in [4.69, 9.17) is 5.26 Å². The van der Waals surface area contributed by atoms with E-state index in [1.54, 1.807) is 22.9 Å². The Morgan fingerprint density at radius 1 is 1.12 bits per heavy atom. The standard InChI is InChI=1S/C24H27N5O2S/c1-4-29(5-2)32(30,31)22-10-11-23-20(14-22)12-13-28(23)17-21-16-27(3)26-24(21)19-8-6-18(15-25)7-9-19/h6-11,14,16H,4-5,12-13,17H2,1-3H3. The van der Waals surface area contributed by atoms with Crippen LogP contribution in [0, 0.1) is 11.3 Å². The first-order valence-corrected chi connectivity index (χ1v) is 12.2. The first kappa shape index (κ1) is 22.1. The molecule has 0 fully saturated rings. The van der Waals surface area contributed by atoms with Crippen LogP contribution in [-0.2, 0) is 30.0 Å². The maximum atomic E-state index is 12.9. The van der Waals surface area contributed by atoms with Gasteiger partial charge in [-0.15, -0.1) is 0 Å². The Bertz CT molecular complexity index is 1270. The Balaban J connectivity index is 1.61. The minimum Gasteiger partial charge on any atom is -0.367 e. The highest BCUT2D eigenvalue weighted by atomic mass is 32.2. The third kappa shape index (κ3) is 4.01. The highest BCUT2D eigenvalue weighted by Gasteiger charge is 2.26. The van der Waals surface area contributed by atoms with Gasteiger partial charge >= 0.3 is 0 Å². The van der Waals surface area contributed by atoms with E-state index >= 15 is 0 Å². The van der Waals surface area contributed by atoms with Crippen molar-refractivity contribution in [1.29, 1.82) is 5.26 Å². The second-order valence-corrected chi connectivity index (χ2v) is 9.86. The van der Waals surface area contributed by atoms with Gasteiger partial charge in [-0.3, -0.25) is 4.68 Å². The summed E-state index contributed by atoms with van der Waals surface area (Å²) in [7, 11) is -1.56. The summed E-state index contributed by atoms with van der Waals surface area (Å²) in [4.78, 5) is 2.63. The molecule has 32 heavy (non-hydrogen) atoms. The van der Waals surface area contributed by atoms with Gasteiger partial charge in [0.05, 0.1) is 22.2 Å². The van der Waals surface area contributed by atoms with E-state index < -0.39 is 10.0 Å². The van der Waals surface area contributed by atoms with Gasteiger partial charge in [0.15, 0.2) is 0 Å². The number of nitriles is 1. The first-order chi connectivity index (χ1) is 15.4. The molecular weight excluding hydrogens is 422 g/mol. The summed E-state index contributed by atoms with van der Waals surface area (Å²) in [6, 6.07) is 15.1. The minimum absolute atomic E-state index is 0.362. The fourth-order valence-electron chi connectivity index (χ4n) is 4.29. The van der Waals surface area contributed by atoms with Crippen LogP contribution in [0.1, 0.15) is 30.5 Å². The Kier molecular flexibility index (Phi) is 6.04. The zero-order valence-corrected chi connectivity index (χ0v) is 19.4. The monoisotopic (exact) mass is 449 g/mol. The van der Waals surface area contributed by atoms with Crippen LogP contribution in [0.2, 0.25) is 0 Å². The molecular formula is C24H27N5O2S. The predicted octanol–water partition coefficient (Wildman–Crippen LogP) is 3.55. The molecule has 8 heteroatoms. The Morgan fingerprint density at radius 2 is 1.84 bits per heavy atom. The van der Waals surface area contributed by atoms with Crippen LogP contribution in [0.3, 0.4) is 0 Å². The molecule has 0 unspecified atom stereocenters. The highest BCUT2D eigenvalue weighted by molar-refractivity contribution is 7.89. The molecule has 0 radical (unpaired) electrons. The van der Waals surface area contributed by atoms with Crippen molar-refractivity contribution in [3.63, 3.8) is 0 Å². The quantitative estimate of drug-likeness (QED) is 0.551. The number of fused-ring (bicyclic) bond motifs is 1. The van der Waals surface area contributed by atoms with Crippen LogP contribution in [0.15, 0.2) is 53.6 Å². The molecule has 1 aromatic heterocycles. The molecule has 2 aromatic carbocycles. The number of anilines is 1. The molecule has 1 aliphatic rings. The van der Waals surface area contributed by atoms with E-state index in [0.29, 0.717) is 30.1 Å². The molecule has 4 rings (SSSR count). The zero-order valence-electron chi connectivity index (χ0n) is 18.6. The minimum atomic E-state index is -3.47. The van der Waals surface area contributed by atoms with Crippen molar-refractivity contribution in [2.45, 2.75) is 31.7 Å². The van der Waals surface area contributed by atoms with Crippen LogP contribution in [0.4, 0.5) is 5.69 Å². The number of hydrogen-bond donors (Lipinski definition) is 0. The lowest BCUT2D eigenvalue weighted by Gasteiger charge is -2.21. The third-order valence-electron chi connectivity index (χ3n) is 5.94. The van der Waals surface area contributed by atoms with Crippen molar-refractivity contribution in [3.8, 4) is 17.3 Å². The van der Waals surface area contributed by atoms with E-state index in [9.17, 15) is 8.42 Å². The summed E-state index contributed by atoms with van der Waals surface area (Å²) in [6.45, 7) is 6.14. The fraction of sp³-hybridized carbons (Fsp3) is 0.333. The molecule has 0 amide bonds. The van der Waals surface area contributed by atoms with Crippen LogP contribution >= 0.6 is 0 Å². The summed E-state index contributed by atoms with van der Waals surface area (Å²) in [5, 5.41) is 13.7. The lowest BCUT2D eigenvalue weighted by Crippen LogP contribution is -2.30. The summed E-state index contributed by atoms with van der Waals surface area (Å²) in [6.07, 6.45) is 2.83. The normalized spacial score (nSPS) is 13.4. The van der Waals surface area contributed by atoms with Crippen LogP contribution < -0.4 is 4.90 Å². The molecule has 0 bridgehead atoms. The van der Waals surface area contributed by atoms with Crippen molar-refractivity contribution in [1.82, 2.24) is 14.1 Å². The highest BCUT2D eigenvalue weighted by Crippen LogP contribution is 2.33. The van der Waals surface area contributed by atoms with E-state index in [2.05, 4.69) is 16.1 Å². The Labute approximate surface area is 189 Å². The van der Waals surface area contributed by atoms with Gasteiger partial charge in [0.1, 0.15) is 0 Å². The van der Waals surface area contributed by atoms with Gasteiger partial charge in [-0.05, 0) is 42.3 Å². The zero-order chi connectivity index (χ0) is 22.9. The summed E-state index contributed by atoms with van der Waals surface area (Å²) >= 11 is 0. The SMILES string of the molecule is CCN(CC)S(=O)(=O)c1ccc2c(c1)CCN2Cc1cn(C)nc1-c1ccc(C#N)cc1. The molecule has 7 nitrogen and oxygen atoms in total. The molecule has 0 atom stereocenters. The Morgan fingerprint density at radius 3 is 2.50 bits per heavy atom. The van der Waals surface area contributed by atoms with Crippen molar-refractivity contribution >= 4 is 15.7 Å². The molecule has 0 aliphatic carbocycles. The number of hydrogen-bond acceptors (Lipinski definition) is 5. The molecule has 0 saturated carbocycles. The van der Waals surface area contributed by atoms with Crippen LogP contribution in [-0.4, -0.2) is 42.1 Å². The second kappa shape index (κ2) is 8.77. The van der Waals surface area contributed by atoms with Gasteiger partial charge in [0, 0.05) is 56.2 Å². The summed E-state index contributed by atoms with van der Waals surface area (Å²) in [5.74, 6) is 0. The van der Waals surface area contributed by atoms with Crippen LogP contribution in [0.25, 0.3) is 11.3 Å². The molecule has 1 aliphatic heterocycles. The van der Waals surface area contributed by atoms with Gasteiger partial charge in [-0.2, -0.15) is 14.7 Å². The smallest absolute Gasteiger partial charge is 0.243 e. The van der Waals surface area contributed by atoms with Crippen molar-refractivity contribution < 1.29 is 8.42 Å². The largest absolute Gasteiger partial charge is 0.367 e. The van der Waals surface area contributed by atoms with Crippen molar-refractivity contribution in [3.05, 3.63) is 65.4 Å². The molecule has 0 N–H and O–H groups in total. The molecule has 2 heterocycles.